The monoisotopic (exact) mass is 404 g/mol. The average Bonchev–Trinajstić information content (AvgIpc) is 3.23. The van der Waals surface area contributed by atoms with Gasteiger partial charge in [-0.1, -0.05) is 12.1 Å². The Balaban J connectivity index is 1.41. The first-order chi connectivity index (χ1) is 14.8. The van der Waals surface area contributed by atoms with Crippen LogP contribution in [0.5, 0.6) is 5.88 Å². The molecule has 7 heteroatoms. The zero-order valence-corrected chi connectivity index (χ0v) is 16.7. The minimum Gasteiger partial charge on any atom is -0.477 e. The normalized spacial score (nSPS) is 19.1. The number of aromatic nitrogens is 2. The van der Waals surface area contributed by atoms with E-state index >= 15 is 0 Å². The summed E-state index contributed by atoms with van der Waals surface area (Å²) in [5.41, 5.74) is 3.87. The van der Waals surface area contributed by atoms with E-state index in [0.717, 1.165) is 48.5 Å². The largest absolute Gasteiger partial charge is 0.477 e. The van der Waals surface area contributed by atoms with Crippen LogP contribution < -0.4 is 15.0 Å². The molecule has 5 rings (SSSR count). The zero-order chi connectivity index (χ0) is 20.3. The molecule has 1 amide bonds. The summed E-state index contributed by atoms with van der Waals surface area (Å²) in [6.45, 7) is 4.46. The molecule has 0 bridgehead atoms. The Kier molecular flexibility index (Phi) is 5.19. The van der Waals surface area contributed by atoms with Crippen molar-refractivity contribution < 1.29 is 14.3 Å². The number of carbonyl (C=O) groups is 1. The molecule has 1 N–H and O–H groups in total. The molecule has 0 saturated carbocycles. The van der Waals surface area contributed by atoms with Crippen LogP contribution in [-0.4, -0.2) is 55.3 Å². The lowest BCUT2D eigenvalue weighted by Crippen LogP contribution is -2.36. The van der Waals surface area contributed by atoms with Gasteiger partial charge in [0.2, 0.25) is 11.8 Å². The van der Waals surface area contributed by atoms with E-state index in [1.807, 2.05) is 18.2 Å². The second-order valence-electron chi connectivity index (χ2n) is 7.71. The summed E-state index contributed by atoms with van der Waals surface area (Å²) in [7, 11) is 0. The Bertz CT molecular complexity index is 1050. The molecule has 1 aromatic carbocycles. The first-order valence-electron chi connectivity index (χ1n) is 10.3. The fourth-order valence-electron chi connectivity index (χ4n) is 3.95. The molecule has 30 heavy (non-hydrogen) atoms. The molecule has 0 radical (unpaired) electrons. The second kappa shape index (κ2) is 8.28. The predicted octanol–water partition coefficient (Wildman–Crippen LogP) is 2.65. The lowest BCUT2D eigenvalue weighted by Gasteiger charge is -2.28. The molecule has 2 aliphatic heterocycles. The van der Waals surface area contributed by atoms with Crippen LogP contribution in [0.3, 0.4) is 0 Å². The lowest BCUT2D eigenvalue weighted by atomic mass is 10.1. The molecule has 2 fully saturated rings. The van der Waals surface area contributed by atoms with Crippen LogP contribution in [0.4, 0.5) is 5.69 Å². The van der Waals surface area contributed by atoms with Crippen LogP contribution in [0.2, 0.25) is 0 Å². The number of nitrogens with one attached hydrogen (secondary N) is 1. The van der Waals surface area contributed by atoms with Gasteiger partial charge in [-0.2, -0.15) is 0 Å². The number of fused-ring (bicyclic) bond motifs is 1. The Hall–Kier alpha value is -3.19. The molecule has 0 aliphatic carbocycles. The van der Waals surface area contributed by atoms with Crippen LogP contribution in [0.1, 0.15) is 6.42 Å². The number of morpholine rings is 1. The quantitative estimate of drug-likeness (QED) is 0.705. The van der Waals surface area contributed by atoms with Gasteiger partial charge in [0.05, 0.1) is 36.4 Å². The summed E-state index contributed by atoms with van der Waals surface area (Å²) in [5, 5.41) is 3.73. The second-order valence-corrected chi connectivity index (χ2v) is 7.71. The number of hydrogen-bond acceptors (Lipinski definition) is 6. The maximum atomic E-state index is 11.5. The third-order valence-corrected chi connectivity index (χ3v) is 5.62. The summed E-state index contributed by atoms with van der Waals surface area (Å²) in [6.07, 6.45) is 2.27. The summed E-state index contributed by atoms with van der Waals surface area (Å²) in [5.74, 6) is 0.812. The number of benzene rings is 1. The SMILES string of the molecule is O=C1CC(COc2nc(-c3ccc(N4CCOCC4)cc3)cc3ncccc23)CN1. The molecule has 2 aromatic heterocycles. The van der Waals surface area contributed by atoms with E-state index < -0.39 is 0 Å². The van der Waals surface area contributed by atoms with Crippen molar-refractivity contribution in [2.45, 2.75) is 6.42 Å². The standard InChI is InChI=1S/C23H24N4O3/c28-22-12-16(14-25-22)15-30-23-19-2-1-7-24-21(19)13-20(26-23)17-3-5-18(6-4-17)27-8-10-29-11-9-27/h1-7,13,16H,8-12,14-15H2,(H,25,28). The molecular formula is C23H24N4O3. The van der Waals surface area contributed by atoms with Gasteiger partial charge in [0, 0.05) is 49.4 Å². The molecule has 1 atom stereocenters. The van der Waals surface area contributed by atoms with E-state index in [2.05, 4.69) is 39.5 Å². The number of amides is 1. The first kappa shape index (κ1) is 18.8. The maximum absolute atomic E-state index is 11.5. The van der Waals surface area contributed by atoms with Gasteiger partial charge in [0.15, 0.2) is 0 Å². The smallest absolute Gasteiger partial charge is 0.223 e. The highest BCUT2D eigenvalue weighted by molar-refractivity contribution is 5.87. The molecule has 1 unspecified atom stereocenters. The minimum atomic E-state index is 0.0807. The molecule has 2 aliphatic rings. The number of anilines is 1. The van der Waals surface area contributed by atoms with Crippen molar-refractivity contribution in [2.24, 2.45) is 5.92 Å². The summed E-state index contributed by atoms with van der Waals surface area (Å²) in [6, 6.07) is 14.3. The van der Waals surface area contributed by atoms with Crippen LogP contribution in [0, 0.1) is 5.92 Å². The fourth-order valence-corrected chi connectivity index (χ4v) is 3.95. The number of ether oxygens (including phenoxy) is 2. The molecule has 2 saturated heterocycles. The average molecular weight is 404 g/mol. The van der Waals surface area contributed by atoms with Gasteiger partial charge in [-0.15, -0.1) is 0 Å². The highest BCUT2D eigenvalue weighted by Crippen LogP contribution is 2.30. The van der Waals surface area contributed by atoms with Crippen molar-refractivity contribution in [3.05, 3.63) is 48.7 Å². The van der Waals surface area contributed by atoms with Crippen LogP contribution in [0.25, 0.3) is 22.2 Å². The highest BCUT2D eigenvalue weighted by atomic mass is 16.5. The number of pyridine rings is 2. The summed E-state index contributed by atoms with van der Waals surface area (Å²) < 4.78 is 11.5. The fraction of sp³-hybridized carbons (Fsp3) is 0.348. The van der Waals surface area contributed by atoms with Gasteiger partial charge in [0.25, 0.3) is 0 Å². The third kappa shape index (κ3) is 3.93. The lowest BCUT2D eigenvalue weighted by molar-refractivity contribution is -0.119. The van der Waals surface area contributed by atoms with E-state index in [1.54, 1.807) is 6.20 Å². The van der Waals surface area contributed by atoms with E-state index in [9.17, 15) is 4.79 Å². The Morgan fingerprint density at radius 2 is 2.00 bits per heavy atom. The molecular weight excluding hydrogens is 380 g/mol. The van der Waals surface area contributed by atoms with E-state index in [1.165, 1.54) is 5.69 Å². The number of hydrogen-bond donors (Lipinski definition) is 1. The van der Waals surface area contributed by atoms with Gasteiger partial charge < -0.3 is 19.7 Å². The van der Waals surface area contributed by atoms with Crippen molar-refractivity contribution in [3.8, 4) is 17.1 Å². The first-order valence-corrected chi connectivity index (χ1v) is 10.3. The molecule has 154 valence electrons. The van der Waals surface area contributed by atoms with Crippen molar-refractivity contribution >= 4 is 22.5 Å². The molecule has 0 spiro atoms. The highest BCUT2D eigenvalue weighted by Gasteiger charge is 2.22. The van der Waals surface area contributed by atoms with Gasteiger partial charge in [-0.3, -0.25) is 9.78 Å². The van der Waals surface area contributed by atoms with E-state index in [0.29, 0.717) is 25.5 Å². The third-order valence-electron chi connectivity index (χ3n) is 5.62. The van der Waals surface area contributed by atoms with Crippen LogP contribution >= 0.6 is 0 Å². The molecule has 3 aromatic rings. The van der Waals surface area contributed by atoms with Gasteiger partial charge in [0.1, 0.15) is 0 Å². The number of carbonyl (C=O) groups excluding carboxylic acids is 1. The Labute approximate surface area is 175 Å². The summed E-state index contributed by atoms with van der Waals surface area (Å²) >= 11 is 0. The predicted molar refractivity (Wildman–Crippen MR) is 115 cm³/mol. The van der Waals surface area contributed by atoms with Crippen LogP contribution in [-0.2, 0) is 9.53 Å². The number of nitrogens with zero attached hydrogens (tertiary/aromatic N) is 3. The van der Waals surface area contributed by atoms with Gasteiger partial charge in [-0.25, -0.2) is 4.98 Å². The van der Waals surface area contributed by atoms with Crippen molar-refractivity contribution in [3.63, 3.8) is 0 Å². The topological polar surface area (TPSA) is 76.6 Å². The minimum absolute atomic E-state index is 0.0807. The Morgan fingerprint density at radius 3 is 2.77 bits per heavy atom. The zero-order valence-electron chi connectivity index (χ0n) is 16.7. The van der Waals surface area contributed by atoms with Gasteiger partial charge >= 0.3 is 0 Å². The maximum Gasteiger partial charge on any atom is 0.223 e. The van der Waals surface area contributed by atoms with Crippen molar-refractivity contribution in [1.82, 2.24) is 15.3 Å². The van der Waals surface area contributed by atoms with E-state index in [4.69, 9.17) is 14.5 Å². The molecule has 4 heterocycles. The molecule has 7 nitrogen and oxygen atoms in total. The van der Waals surface area contributed by atoms with Gasteiger partial charge in [-0.05, 0) is 30.3 Å². The van der Waals surface area contributed by atoms with Crippen LogP contribution in [0.15, 0.2) is 48.7 Å². The van der Waals surface area contributed by atoms with Crippen molar-refractivity contribution in [2.75, 3.05) is 44.4 Å². The summed E-state index contributed by atoms with van der Waals surface area (Å²) in [4.78, 5) is 23.1. The number of rotatable bonds is 5. The Morgan fingerprint density at radius 1 is 1.17 bits per heavy atom. The van der Waals surface area contributed by atoms with Crippen molar-refractivity contribution in [1.29, 1.82) is 0 Å². The van der Waals surface area contributed by atoms with E-state index in [-0.39, 0.29) is 11.8 Å².